The van der Waals surface area contributed by atoms with Crippen molar-refractivity contribution < 1.29 is 0 Å². The van der Waals surface area contributed by atoms with Crippen LogP contribution >= 0.6 is 0 Å². The van der Waals surface area contributed by atoms with Crippen LogP contribution in [0.3, 0.4) is 0 Å². The van der Waals surface area contributed by atoms with Crippen LogP contribution in [-0.2, 0) is 55.8 Å². The lowest BCUT2D eigenvalue weighted by Gasteiger charge is -2.37. The van der Waals surface area contributed by atoms with E-state index < -0.39 is 0 Å². The molecule has 119 heavy (non-hydrogen) atoms. The number of hydrogen-bond donors (Lipinski definition) is 0. The van der Waals surface area contributed by atoms with Gasteiger partial charge < -0.3 is 9.80 Å². The highest BCUT2D eigenvalue weighted by atomic mass is 15.1. The highest BCUT2D eigenvalue weighted by molar-refractivity contribution is 5.88. The Balaban J connectivity index is 0.000000314. The molecule has 5 aliphatic rings. The summed E-state index contributed by atoms with van der Waals surface area (Å²) >= 11 is 0. The smallest absolute Gasteiger partial charge is 0.0713 e. The van der Waals surface area contributed by atoms with Crippen LogP contribution in [0, 0.1) is 55.4 Å². The van der Waals surface area contributed by atoms with Crippen molar-refractivity contribution in [2.24, 2.45) is 0 Å². The summed E-state index contributed by atoms with van der Waals surface area (Å²) < 4.78 is 0. The summed E-state index contributed by atoms with van der Waals surface area (Å²) in [6.45, 7) is 69.1. The first-order valence-electron chi connectivity index (χ1n) is 45.7. The van der Waals surface area contributed by atoms with Gasteiger partial charge in [-0.25, -0.2) is 0 Å². The Hall–Kier alpha value is -10.5. The molecule has 0 spiro atoms. The Morgan fingerprint density at radius 3 is 0.731 bits per heavy atom. The number of anilines is 6. The van der Waals surface area contributed by atoms with Gasteiger partial charge in [0.1, 0.15) is 0 Å². The molecular formula is C117H152N2. The minimum Gasteiger partial charge on any atom is -0.311 e. The molecule has 0 unspecified atom stereocenters. The minimum atomic E-state index is -0.238. The Labute approximate surface area is 727 Å². The van der Waals surface area contributed by atoms with Gasteiger partial charge >= 0.3 is 0 Å². The summed E-state index contributed by atoms with van der Waals surface area (Å²) in [7, 11) is 0. The molecule has 0 amide bonds. The van der Waals surface area contributed by atoms with Gasteiger partial charge in [0, 0.05) is 39.5 Å². The number of allylic oxidation sites excluding steroid dienone is 3. The Bertz CT molecular complexity index is 4740. The van der Waals surface area contributed by atoms with Crippen molar-refractivity contribution in [3.05, 3.63) is 404 Å². The van der Waals surface area contributed by atoms with Crippen molar-refractivity contribution in [3.63, 3.8) is 0 Å². The number of fused-ring (bicyclic) bond motifs is 9. The quantitative estimate of drug-likeness (QED) is 0.100. The van der Waals surface area contributed by atoms with Crippen molar-refractivity contribution in [2.45, 2.75) is 262 Å². The summed E-state index contributed by atoms with van der Waals surface area (Å²) in [6, 6.07) is 92.9. The van der Waals surface area contributed by atoms with Crippen LogP contribution < -0.4 is 9.80 Å². The van der Waals surface area contributed by atoms with Gasteiger partial charge in [0.15, 0.2) is 0 Å². The van der Waals surface area contributed by atoms with Crippen molar-refractivity contribution in [1.82, 2.24) is 0 Å². The fourth-order valence-corrected chi connectivity index (χ4v) is 15.9. The number of hydrogen-bond acceptors (Lipinski definition) is 2. The molecule has 0 heterocycles. The zero-order valence-electron chi connectivity index (χ0n) is 79.3. The summed E-state index contributed by atoms with van der Waals surface area (Å²) in [5, 5.41) is 0. The van der Waals surface area contributed by atoms with E-state index in [1.54, 1.807) is 0 Å². The van der Waals surface area contributed by atoms with Crippen molar-refractivity contribution >= 4 is 34.1 Å². The highest BCUT2D eigenvalue weighted by Gasteiger charge is 2.47. The maximum Gasteiger partial charge on any atom is 0.0713 e. The second kappa shape index (κ2) is 51.7. The fraction of sp³-hybridized carbons (Fsp3) is 0.333. The monoisotopic (exact) mass is 1590 g/mol. The molecule has 0 N–H and O–H groups in total. The molecule has 0 bridgehead atoms. The van der Waals surface area contributed by atoms with Crippen LogP contribution in [-0.4, -0.2) is 0 Å². The number of nitrogens with zero attached hydrogens (tertiary/aromatic N) is 2. The van der Waals surface area contributed by atoms with Crippen LogP contribution in [0.4, 0.5) is 34.1 Å². The molecule has 0 atom stereocenters. The molecule has 0 fully saturated rings. The normalized spacial score (nSPS) is 11.8. The van der Waals surface area contributed by atoms with E-state index in [1.807, 2.05) is 157 Å². The SMILES string of the molecule is C=CCC1(CC=C)c2cc(C)ccc2-c2ccc(C)cc21.C=CCc1ccc(N(c2ccc(C)cc2)c2ccc(C)cc2)cc1.CC.CC.CC.CC.CC.CC.CC.CC.CC.CC.Cc1ccc(N(c2ccc(C)cc2)c2ccc3c(c2)CC3)cc1.Cc1ccc2c(c1)C(c1ccc3c(c1)CC3)(c1ccc3c(c1)CC3)c1cc(C)ccc1-2. The van der Waals surface area contributed by atoms with Gasteiger partial charge in [-0.15, -0.1) is 19.7 Å². The first kappa shape index (κ1) is 101. The molecule has 0 saturated heterocycles. The van der Waals surface area contributed by atoms with E-state index in [4.69, 9.17) is 0 Å². The molecule has 2 heteroatoms. The van der Waals surface area contributed by atoms with Gasteiger partial charge in [-0.05, 0) is 281 Å². The molecular weight excluding hydrogens is 1430 g/mol. The molecule has 0 radical (unpaired) electrons. The molecule has 0 saturated carbocycles. The lowest BCUT2D eigenvalue weighted by atomic mass is 9.65. The van der Waals surface area contributed by atoms with E-state index in [0.717, 1.165) is 24.9 Å². The molecule has 0 aromatic heterocycles. The molecule has 630 valence electrons. The maximum atomic E-state index is 4.01. The third-order valence-electron chi connectivity index (χ3n) is 21.6. The summed E-state index contributed by atoms with van der Waals surface area (Å²) in [6.07, 6.45) is 16.2. The van der Waals surface area contributed by atoms with E-state index in [9.17, 15) is 0 Å². The zero-order chi connectivity index (χ0) is 88.5. The van der Waals surface area contributed by atoms with Crippen LogP contribution in [0.25, 0.3) is 22.3 Å². The summed E-state index contributed by atoms with van der Waals surface area (Å²) in [5.41, 5.74) is 41.9. The minimum absolute atomic E-state index is 0.00616. The topological polar surface area (TPSA) is 6.48 Å². The van der Waals surface area contributed by atoms with Crippen LogP contribution in [0.1, 0.15) is 268 Å². The van der Waals surface area contributed by atoms with Gasteiger partial charge in [-0.3, -0.25) is 0 Å². The molecule has 17 rings (SSSR count). The second-order valence-electron chi connectivity index (χ2n) is 28.6. The molecule has 0 aliphatic heterocycles. The lowest BCUT2D eigenvalue weighted by Crippen LogP contribution is -2.30. The summed E-state index contributed by atoms with van der Waals surface area (Å²) in [4.78, 5) is 4.63. The standard InChI is InChI=1S/C31H26.C23H23N.C22H21N.C21H22.10C2H6/c1-19-3-13-27-28-14-4-20(2)16-30(28)31(29(27)15-19,25-11-9-21-5-7-23(21)17-25)26-12-10-22-6-8-24(22)18-26;1-4-5-20-10-16-23(17-11-20)24(21-12-6-18(2)7-13-21)22-14-8-19(3)9-15-22;1-16-3-10-20(11-4-16)23(21-12-5-17(2)6-13-21)22-14-9-18-7-8-19(18)15-22;1-5-11-21(12-6-2)19-13-15(3)7-9-17(19)18-10-8-16(4)14-20(18)21;10*1-2/h3-4,9-18H,5-8H2,1-2H3;4,6-17H,1,5H2,2-3H3;3-6,9-15H,7-8H2,1-2H3;5-10,13-14H,1-2,11-12H2,3-4H3;10*1-2H3. The Kier molecular flexibility index (Phi) is 43.8. The van der Waals surface area contributed by atoms with Gasteiger partial charge in [0.25, 0.3) is 0 Å². The second-order valence-corrected chi connectivity index (χ2v) is 28.6. The fourth-order valence-electron chi connectivity index (χ4n) is 15.9. The predicted molar refractivity (Wildman–Crippen MR) is 536 cm³/mol. The predicted octanol–water partition coefficient (Wildman–Crippen LogP) is 35.2. The molecule has 5 aliphatic carbocycles. The van der Waals surface area contributed by atoms with Gasteiger partial charge in [0.2, 0.25) is 0 Å². The van der Waals surface area contributed by atoms with Crippen LogP contribution in [0.2, 0.25) is 0 Å². The third kappa shape index (κ3) is 23.7. The largest absolute Gasteiger partial charge is 0.311 e. The van der Waals surface area contributed by atoms with E-state index in [1.165, 1.54) is 206 Å². The third-order valence-corrected chi connectivity index (χ3v) is 21.6. The molecule has 12 aromatic rings. The van der Waals surface area contributed by atoms with E-state index in [-0.39, 0.29) is 10.8 Å². The van der Waals surface area contributed by atoms with Gasteiger partial charge in [-0.2, -0.15) is 0 Å². The Morgan fingerprint density at radius 1 is 0.235 bits per heavy atom. The number of benzene rings is 12. The average Bonchev–Trinajstić information content (AvgIpc) is 1.54. The van der Waals surface area contributed by atoms with Crippen molar-refractivity contribution in [1.29, 1.82) is 0 Å². The summed E-state index contributed by atoms with van der Waals surface area (Å²) in [5.74, 6) is 0. The first-order valence-corrected chi connectivity index (χ1v) is 45.7. The van der Waals surface area contributed by atoms with E-state index >= 15 is 0 Å². The lowest BCUT2D eigenvalue weighted by molar-refractivity contribution is 0.542. The highest BCUT2D eigenvalue weighted by Crippen LogP contribution is 2.58. The van der Waals surface area contributed by atoms with E-state index in [2.05, 4.69) is 334 Å². The zero-order valence-corrected chi connectivity index (χ0v) is 79.3. The van der Waals surface area contributed by atoms with Crippen molar-refractivity contribution in [3.8, 4) is 22.3 Å². The van der Waals surface area contributed by atoms with E-state index in [0.29, 0.717) is 0 Å². The number of aryl methyl sites for hydroxylation is 14. The molecule has 2 nitrogen and oxygen atoms in total. The van der Waals surface area contributed by atoms with Crippen LogP contribution in [0.15, 0.2) is 287 Å². The number of rotatable bonds is 14. The average molecular weight is 1590 g/mol. The van der Waals surface area contributed by atoms with Crippen molar-refractivity contribution in [2.75, 3.05) is 9.80 Å². The van der Waals surface area contributed by atoms with Gasteiger partial charge in [0.05, 0.1) is 5.41 Å². The molecule has 12 aromatic carbocycles. The Morgan fingerprint density at radius 2 is 0.471 bits per heavy atom. The first-order chi connectivity index (χ1) is 58.1. The van der Waals surface area contributed by atoms with Gasteiger partial charge in [-0.1, -0.05) is 377 Å². The van der Waals surface area contributed by atoms with Crippen LogP contribution in [0.5, 0.6) is 0 Å². The maximum absolute atomic E-state index is 4.01.